The predicted octanol–water partition coefficient (Wildman–Crippen LogP) is 3.90. The minimum absolute atomic E-state index is 0.0137. The van der Waals surface area contributed by atoms with Crippen molar-refractivity contribution in [2.45, 2.75) is 18.6 Å². The maximum atomic E-state index is 14.2. The number of aromatic nitrogens is 4. The number of hydrogen-bond acceptors (Lipinski definition) is 4. The molecule has 1 aromatic carbocycles. The van der Waals surface area contributed by atoms with Crippen molar-refractivity contribution in [2.75, 3.05) is 6.61 Å². The minimum atomic E-state index is -0.921. The fourth-order valence-electron chi connectivity index (χ4n) is 2.90. The molecular formula is C15H10Cl2F2N4O. The van der Waals surface area contributed by atoms with Crippen molar-refractivity contribution in [3.05, 3.63) is 52.2 Å². The first-order valence-corrected chi connectivity index (χ1v) is 7.83. The van der Waals surface area contributed by atoms with Gasteiger partial charge in [0, 0.05) is 11.6 Å². The number of benzene rings is 1. The molecule has 1 fully saturated rings. The summed E-state index contributed by atoms with van der Waals surface area (Å²) in [5.41, 5.74) is 0.174. The monoisotopic (exact) mass is 370 g/mol. The molecule has 24 heavy (non-hydrogen) atoms. The first-order chi connectivity index (χ1) is 11.4. The van der Waals surface area contributed by atoms with E-state index in [4.69, 9.17) is 27.9 Å². The molecule has 5 nitrogen and oxygen atoms in total. The highest BCUT2D eigenvalue weighted by molar-refractivity contribution is 6.35. The molecule has 1 aliphatic heterocycles. The van der Waals surface area contributed by atoms with E-state index in [1.54, 1.807) is 4.57 Å². The van der Waals surface area contributed by atoms with Crippen LogP contribution in [0.2, 0.25) is 10.4 Å². The van der Waals surface area contributed by atoms with Crippen molar-refractivity contribution < 1.29 is 13.5 Å². The number of fused-ring (bicyclic) bond motifs is 1. The van der Waals surface area contributed by atoms with Crippen molar-refractivity contribution in [3.63, 3.8) is 0 Å². The van der Waals surface area contributed by atoms with Gasteiger partial charge in [-0.25, -0.2) is 18.7 Å². The van der Waals surface area contributed by atoms with E-state index in [1.165, 1.54) is 18.5 Å². The molecule has 0 amide bonds. The van der Waals surface area contributed by atoms with E-state index >= 15 is 0 Å². The Hall–Kier alpha value is -1.83. The Morgan fingerprint density at radius 3 is 2.71 bits per heavy atom. The summed E-state index contributed by atoms with van der Waals surface area (Å²) in [6, 6.07) is 3.07. The lowest BCUT2D eigenvalue weighted by molar-refractivity contribution is 0.227. The highest BCUT2D eigenvalue weighted by Gasteiger charge is 2.54. The average molecular weight is 371 g/mol. The highest BCUT2D eigenvalue weighted by Crippen LogP contribution is 2.49. The highest BCUT2D eigenvalue weighted by atomic mass is 35.5. The van der Waals surface area contributed by atoms with Crippen molar-refractivity contribution in [1.29, 1.82) is 0 Å². The number of epoxide rings is 1. The van der Waals surface area contributed by atoms with Crippen LogP contribution in [-0.4, -0.2) is 26.1 Å². The van der Waals surface area contributed by atoms with Gasteiger partial charge in [0.25, 0.3) is 0 Å². The Bertz CT molecular complexity index is 958. The second-order valence-electron chi connectivity index (χ2n) is 5.59. The molecule has 0 saturated carbocycles. The van der Waals surface area contributed by atoms with E-state index in [2.05, 4.69) is 15.0 Å². The first kappa shape index (κ1) is 15.7. The quantitative estimate of drug-likeness (QED) is 0.398. The van der Waals surface area contributed by atoms with Crippen molar-refractivity contribution in [3.8, 4) is 0 Å². The number of ether oxygens (including phenoxy) is 1. The molecule has 2 aromatic heterocycles. The topological polar surface area (TPSA) is 56.1 Å². The van der Waals surface area contributed by atoms with E-state index < -0.39 is 17.2 Å². The summed E-state index contributed by atoms with van der Waals surface area (Å²) >= 11 is 11.9. The molecule has 3 aromatic rings. The van der Waals surface area contributed by atoms with Crippen LogP contribution >= 0.6 is 23.2 Å². The largest absolute Gasteiger partial charge is 0.362 e. The second kappa shape index (κ2) is 5.34. The maximum absolute atomic E-state index is 14.2. The second-order valence-corrected chi connectivity index (χ2v) is 6.28. The zero-order valence-corrected chi connectivity index (χ0v) is 13.8. The lowest BCUT2D eigenvalue weighted by atomic mass is 9.92. The van der Waals surface area contributed by atoms with Gasteiger partial charge in [-0.15, -0.1) is 0 Å². The summed E-state index contributed by atoms with van der Waals surface area (Å²) in [7, 11) is 0. The summed E-state index contributed by atoms with van der Waals surface area (Å²) in [6.45, 7) is 2.13. The molecule has 0 aliphatic carbocycles. The molecule has 0 radical (unpaired) electrons. The molecular weight excluding hydrogens is 361 g/mol. The minimum Gasteiger partial charge on any atom is -0.362 e. The van der Waals surface area contributed by atoms with Gasteiger partial charge in [-0.2, -0.15) is 4.98 Å². The van der Waals surface area contributed by atoms with Gasteiger partial charge in [0.1, 0.15) is 22.8 Å². The molecule has 0 N–H and O–H groups in total. The van der Waals surface area contributed by atoms with Gasteiger partial charge in [-0.1, -0.05) is 17.7 Å². The van der Waals surface area contributed by atoms with Crippen LogP contribution in [0.4, 0.5) is 8.78 Å². The predicted molar refractivity (Wildman–Crippen MR) is 84.0 cm³/mol. The smallest absolute Gasteiger partial charge is 0.225 e. The van der Waals surface area contributed by atoms with Crippen LogP contribution in [0.15, 0.2) is 24.5 Å². The van der Waals surface area contributed by atoms with Crippen molar-refractivity contribution in [1.82, 2.24) is 19.5 Å². The lowest BCUT2D eigenvalue weighted by Gasteiger charge is -2.22. The van der Waals surface area contributed by atoms with Gasteiger partial charge in [-0.3, -0.25) is 0 Å². The van der Waals surface area contributed by atoms with Gasteiger partial charge >= 0.3 is 0 Å². The van der Waals surface area contributed by atoms with Crippen LogP contribution in [-0.2, 0) is 10.3 Å². The molecule has 0 unspecified atom stereocenters. The molecule has 1 aliphatic rings. The van der Waals surface area contributed by atoms with Gasteiger partial charge < -0.3 is 9.30 Å². The number of nitrogens with zero attached hydrogens (tertiary/aromatic N) is 4. The Morgan fingerprint density at radius 2 is 2.04 bits per heavy atom. The lowest BCUT2D eigenvalue weighted by Crippen LogP contribution is -2.24. The first-order valence-electron chi connectivity index (χ1n) is 7.07. The van der Waals surface area contributed by atoms with Crippen LogP contribution in [0.1, 0.15) is 18.5 Å². The van der Waals surface area contributed by atoms with E-state index in [9.17, 15) is 8.78 Å². The average Bonchev–Trinajstić information content (AvgIpc) is 3.20. The third-order valence-electron chi connectivity index (χ3n) is 4.29. The van der Waals surface area contributed by atoms with Crippen LogP contribution in [0.25, 0.3) is 11.2 Å². The normalized spacial score (nSPS) is 21.2. The molecule has 0 bridgehead atoms. The van der Waals surface area contributed by atoms with E-state index in [1.807, 2.05) is 6.92 Å². The third-order valence-corrected chi connectivity index (χ3v) is 4.72. The van der Waals surface area contributed by atoms with Gasteiger partial charge in [0.15, 0.2) is 10.8 Å². The van der Waals surface area contributed by atoms with Crippen LogP contribution < -0.4 is 0 Å². The van der Waals surface area contributed by atoms with Crippen LogP contribution in [0.3, 0.4) is 0 Å². The molecule has 4 rings (SSSR count). The molecule has 0 spiro atoms. The van der Waals surface area contributed by atoms with Gasteiger partial charge in [0.2, 0.25) is 5.28 Å². The SMILES string of the molecule is C[C@@H](n1cnc2c(Cl)nc(Cl)nc21)[C@@]1(c2ccc(F)cc2F)CO1. The Balaban J connectivity index is 1.83. The summed E-state index contributed by atoms with van der Waals surface area (Å²) < 4.78 is 34.7. The molecule has 2 atom stereocenters. The van der Waals surface area contributed by atoms with Crippen molar-refractivity contribution in [2.24, 2.45) is 0 Å². The number of halogens is 4. The zero-order chi connectivity index (χ0) is 17.1. The van der Waals surface area contributed by atoms with Gasteiger partial charge in [0.05, 0.1) is 19.0 Å². The summed E-state index contributed by atoms with van der Waals surface area (Å²) in [6.07, 6.45) is 1.52. The van der Waals surface area contributed by atoms with E-state index in [-0.39, 0.29) is 22.0 Å². The van der Waals surface area contributed by atoms with Crippen LogP contribution in [0.5, 0.6) is 0 Å². The Kier molecular flexibility index (Phi) is 3.49. The summed E-state index contributed by atoms with van der Waals surface area (Å²) in [5.74, 6) is -1.30. The number of rotatable bonds is 3. The fraction of sp³-hybridized carbons (Fsp3) is 0.267. The van der Waals surface area contributed by atoms with Crippen LogP contribution in [0, 0.1) is 11.6 Å². The van der Waals surface area contributed by atoms with E-state index in [0.29, 0.717) is 17.8 Å². The molecule has 124 valence electrons. The Morgan fingerprint density at radius 1 is 1.29 bits per heavy atom. The standard InChI is InChI=1S/C15H10Cl2F2N4O/c1-7(15(5-24-15)9-3-2-8(18)4-10(9)19)23-6-20-11-12(16)21-14(17)22-13(11)23/h2-4,6-7H,5H2,1H3/t7-,15-/m1/s1. The van der Waals surface area contributed by atoms with Crippen molar-refractivity contribution >= 4 is 34.4 Å². The molecule has 9 heteroatoms. The number of hydrogen-bond donors (Lipinski definition) is 0. The fourth-order valence-corrected chi connectivity index (χ4v) is 3.32. The Labute approximate surface area is 145 Å². The third kappa shape index (κ3) is 2.27. The van der Waals surface area contributed by atoms with Gasteiger partial charge in [-0.05, 0) is 24.6 Å². The summed E-state index contributed by atoms with van der Waals surface area (Å²) in [4.78, 5) is 12.2. The summed E-state index contributed by atoms with van der Waals surface area (Å²) in [5, 5.41) is 0.120. The zero-order valence-electron chi connectivity index (χ0n) is 12.3. The number of imidazole rings is 1. The molecule has 1 saturated heterocycles. The molecule has 3 heterocycles. The maximum Gasteiger partial charge on any atom is 0.225 e. The van der Waals surface area contributed by atoms with E-state index in [0.717, 1.165) is 6.07 Å².